The number of nitrogens with one attached hydrogen (secondary N) is 2. The van der Waals surface area contributed by atoms with Gasteiger partial charge in [-0.25, -0.2) is 14.6 Å². The smallest absolute Gasteiger partial charge is 0.359 e. The van der Waals surface area contributed by atoms with Gasteiger partial charge in [-0.3, -0.25) is 10.1 Å². The molecule has 1 heterocycles. The molecule has 9 heteroatoms. The van der Waals surface area contributed by atoms with Crippen LogP contribution in [0, 0.1) is 0 Å². The van der Waals surface area contributed by atoms with Crippen molar-refractivity contribution in [3.8, 4) is 0 Å². The van der Waals surface area contributed by atoms with E-state index in [2.05, 4.69) is 10.3 Å². The molecular weight excluding hydrogens is 309 g/mol. The van der Waals surface area contributed by atoms with Gasteiger partial charge in [-0.15, -0.1) is 0 Å². The van der Waals surface area contributed by atoms with Gasteiger partial charge in [-0.05, 0) is 19.1 Å². The molecule has 0 saturated carbocycles. The van der Waals surface area contributed by atoms with Crippen LogP contribution in [-0.4, -0.2) is 36.0 Å². The van der Waals surface area contributed by atoms with Crippen LogP contribution in [0.25, 0.3) is 0 Å². The molecule has 0 aliphatic rings. The number of imide groups is 1. The van der Waals surface area contributed by atoms with Gasteiger partial charge in [-0.2, -0.15) is 0 Å². The van der Waals surface area contributed by atoms with E-state index in [-0.39, 0.29) is 15.9 Å². The number of esters is 1. The van der Waals surface area contributed by atoms with Gasteiger partial charge in [0.15, 0.2) is 11.8 Å². The van der Waals surface area contributed by atoms with Crippen LogP contribution in [0.4, 0.5) is 4.79 Å². The number of halogens is 2. The van der Waals surface area contributed by atoms with Crippen molar-refractivity contribution in [2.45, 2.75) is 13.0 Å². The SMILES string of the molecule is CNC(=O)NC(=O)[C@H](C)OC(=O)c1nc(Cl)ccc1Cl. The van der Waals surface area contributed by atoms with Gasteiger partial charge in [0.25, 0.3) is 5.91 Å². The summed E-state index contributed by atoms with van der Waals surface area (Å²) in [5, 5.41) is 4.26. The average molecular weight is 320 g/mol. The van der Waals surface area contributed by atoms with Gasteiger partial charge < -0.3 is 10.1 Å². The molecule has 0 saturated heterocycles. The van der Waals surface area contributed by atoms with Crippen LogP contribution in [0.2, 0.25) is 10.2 Å². The third kappa shape index (κ3) is 4.36. The average Bonchev–Trinajstić information content (AvgIpc) is 2.40. The number of hydrogen-bond donors (Lipinski definition) is 2. The summed E-state index contributed by atoms with van der Waals surface area (Å²) in [4.78, 5) is 37.9. The predicted octanol–water partition coefficient (Wildman–Crippen LogP) is 1.39. The Hall–Kier alpha value is -1.86. The fraction of sp³-hybridized carbons (Fsp3) is 0.273. The van der Waals surface area contributed by atoms with Crippen LogP contribution in [0.1, 0.15) is 17.4 Å². The zero-order valence-corrected chi connectivity index (χ0v) is 12.1. The first-order valence-corrected chi connectivity index (χ1v) is 6.16. The minimum Gasteiger partial charge on any atom is -0.448 e. The molecule has 0 unspecified atom stereocenters. The minimum absolute atomic E-state index is 0.0401. The second kappa shape index (κ2) is 7.06. The normalized spacial score (nSPS) is 11.4. The molecule has 2 N–H and O–H groups in total. The Bertz CT molecular complexity index is 550. The minimum atomic E-state index is -1.20. The molecule has 1 rings (SSSR count). The molecule has 0 aromatic carbocycles. The molecule has 0 aliphatic carbocycles. The summed E-state index contributed by atoms with van der Waals surface area (Å²) in [6, 6.07) is 2.07. The number of aromatic nitrogens is 1. The van der Waals surface area contributed by atoms with Gasteiger partial charge in [0.05, 0.1) is 5.02 Å². The number of amides is 3. The predicted molar refractivity (Wildman–Crippen MR) is 71.7 cm³/mol. The van der Waals surface area contributed by atoms with E-state index in [4.69, 9.17) is 27.9 Å². The quantitative estimate of drug-likeness (QED) is 0.648. The van der Waals surface area contributed by atoms with Gasteiger partial charge in [0.2, 0.25) is 0 Å². The highest BCUT2D eigenvalue weighted by Gasteiger charge is 2.22. The summed E-state index contributed by atoms with van der Waals surface area (Å²) in [6.45, 7) is 1.30. The third-order valence-corrected chi connectivity index (χ3v) is 2.64. The largest absolute Gasteiger partial charge is 0.448 e. The second-order valence-electron chi connectivity index (χ2n) is 3.58. The lowest BCUT2D eigenvalue weighted by molar-refractivity contribution is -0.127. The maximum atomic E-state index is 11.8. The summed E-state index contributed by atoms with van der Waals surface area (Å²) < 4.78 is 4.84. The summed E-state index contributed by atoms with van der Waals surface area (Å²) in [5.41, 5.74) is -0.209. The molecule has 0 radical (unpaired) electrons. The highest BCUT2D eigenvalue weighted by atomic mass is 35.5. The van der Waals surface area contributed by atoms with E-state index >= 15 is 0 Å². The fourth-order valence-corrected chi connectivity index (χ4v) is 1.44. The van der Waals surface area contributed by atoms with Gasteiger partial charge in [0.1, 0.15) is 5.15 Å². The zero-order chi connectivity index (χ0) is 15.3. The number of carbonyl (C=O) groups excluding carboxylic acids is 3. The summed E-state index contributed by atoms with van der Waals surface area (Å²) in [6.07, 6.45) is -1.20. The lowest BCUT2D eigenvalue weighted by Gasteiger charge is -2.12. The molecule has 1 aromatic heterocycles. The van der Waals surface area contributed by atoms with Gasteiger partial charge in [-0.1, -0.05) is 23.2 Å². The van der Waals surface area contributed by atoms with Gasteiger partial charge >= 0.3 is 12.0 Å². The molecule has 0 spiro atoms. The van der Waals surface area contributed by atoms with E-state index in [9.17, 15) is 14.4 Å². The molecule has 1 atom stereocenters. The Morgan fingerprint density at radius 3 is 2.55 bits per heavy atom. The van der Waals surface area contributed by atoms with E-state index < -0.39 is 24.0 Å². The number of hydrogen-bond acceptors (Lipinski definition) is 5. The number of carbonyl (C=O) groups is 3. The fourth-order valence-electron chi connectivity index (χ4n) is 1.11. The second-order valence-corrected chi connectivity index (χ2v) is 4.37. The highest BCUT2D eigenvalue weighted by Crippen LogP contribution is 2.18. The number of ether oxygens (including phenoxy) is 1. The van der Waals surface area contributed by atoms with Crippen molar-refractivity contribution in [2.75, 3.05) is 7.05 Å². The van der Waals surface area contributed by atoms with Crippen molar-refractivity contribution in [3.63, 3.8) is 0 Å². The van der Waals surface area contributed by atoms with Crippen LogP contribution < -0.4 is 10.6 Å². The van der Waals surface area contributed by atoms with Gasteiger partial charge in [0, 0.05) is 7.05 Å². The molecule has 0 fully saturated rings. The monoisotopic (exact) mass is 319 g/mol. The van der Waals surface area contributed by atoms with Crippen molar-refractivity contribution < 1.29 is 19.1 Å². The number of pyridine rings is 1. The Balaban J connectivity index is 2.72. The van der Waals surface area contributed by atoms with Crippen LogP contribution in [-0.2, 0) is 9.53 Å². The Morgan fingerprint density at radius 1 is 1.30 bits per heavy atom. The molecule has 108 valence electrons. The first-order chi connectivity index (χ1) is 9.35. The lowest BCUT2D eigenvalue weighted by atomic mass is 10.3. The van der Waals surface area contributed by atoms with Crippen LogP contribution >= 0.6 is 23.2 Å². The van der Waals surface area contributed by atoms with Crippen molar-refractivity contribution >= 4 is 41.1 Å². The molecule has 0 bridgehead atoms. The van der Waals surface area contributed by atoms with E-state index in [1.165, 1.54) is 26.1 Å². The molecule has 7 nitrogen and oxygen atoms in total. The Kier molecular flexibility index (Phi) is 5.72. The molecule has 0 aliphatic heterocycles. The maximum Gasteiger partial charge on any atom is 0.359 e. The first-order valence-electron chi connectivity index (χ1n) is 5.40. The van der Waals surface area contributed by atoms with E-state index in [0.29, 0.717) is 0 Å². The summed E-state index contributed by atoms with van der Waals surface area (Å²) in [7, 11) is 1.34. The van der Waals surface area contributed by atoms with E-state index in [1.54, 1.807) is 0 Å². The highest BCUT2D eigenvalue weighted by molar-refractivity contribution is 6.34. The lowest BCUT2D eigenvalue weighted by Crippen LogP contribution is -2.43. The van der Waals surface area contributed by atoms with Crippen molar-refractivity contribution in [3.05, 3.63) is 28.0 Å². The first kappa shape index (κ1) is 16.2. The third-order valence-electron chi connectivity index (χ3n) is 2.12. The number of rotatable bonds is 3. The molecule has 1 aromatic rings. The van der Waals surface area contributed by atoms with Crippen molar-refractivity contribution in [1.82, 2.24) is 15.6 Å². The Morgan fingerprint density at radius 2 is 1.95 bits per heavy atom. The molecular formula is C11H11Cl2N3O4. The van der Waals surface area contributed by atoms with E-state index in [0.717, 1.165) is 0 Å². The molecule has 20 heavy (non-hydrogen) atoms. The topological polar surface area (TPSA) is 97.4 Å². The van der Waals surface area contributed by atoms with Crippen molar-refractivity contribution in [2.24, 2.45) is 0 Å². The Labute approximate surface area is 124 Å². The number of urea groups is 1. The van der Waals surface area contributed by atoms with E-state index in [1.807, 2.05) is 5.32 Å². The summed E-state index contributed by atoms with van der Waals surface area (Å²) in [5.74, 6) is -1.70. The standard InChI is InChI=1S/C11H11Cl2N3O4/c1-5(9(17)16-11(19)14-2)20-10(18)8-6(12)3-4-7(13)15-8/h3-5H,1-2H3,(H2,14,16,17,19)/t5-/m0/s1. The maximum absolute atomic E-state index is 11.8. The number of nitrogens with zero attached hydrogens (tertiary/aromatic N) is 1. The van der Waals surface area contributed by atoms with Crippen LogP contribution in [0.15, 0.2) is 12.1 Å². The van der Waals surface area contributed by atoms with Crippen LogP contribution in [0.5, 0.6) is 0 Å². The molecule has 3 amide bonds. The van der Waals surface area contributed by atoms with Crippen molar-refractivity contribution in [1.29, 1.82) is 0 Å². The van der Waals surface area contributed by atoms with Crippen LogP contribution in [0.3, 0.4) is 0 Å². The summed E-state index contributed by atoms with van der Waals surface area (Å²) >= 11 is 11.4. The zero-order valence-electron chi connectivity index (χ0n) is 10.6.